The molecule has 0 fully saturated rings. The van der Waals surface area contributed by atoms with Crippen LogP contribution in [0.4, 0.5) is 16.3 Å². The molecule has 0 aliphatic rings. The predicted molar refractivity (Wildman–Crippen MR) is 157 cm³/mol. The largest absolute Gasteiger partial charge is 0.444 e. The molecule has 0 saturated carbocycles. The number of benzene rings is 2. The number of ether oxygens (including phenoxy) is 1. The van der Waals surface area contributed by atoms with Gasteiger partial charge < -0.3 is 25.6 Å². The van der Waals surface area contributed by atoms with Gasteiger partial charge in [-0.05, 0) is 73.7 Å². The van der Waals surface area contributed by atoms with Gasteiger partial charge in [0.1, 0.15) is 11.4 Å². The van der Waals surface area contributed by atoms with Crippen LogP contribution in [0.25, 0.3) is 0 Å². The van der Waals surface area contributed by atoms with Gasteiger partial charge in [-0.3, -0.25) is 9.59 Å². The van der Waals surface area contributed by atoms with Gasteiger partial charge >= 0.3 is 6.09 Å². The third-order valence-corrected chi connectivity index (χ3v) is 5.99. The molecule has 1 heterocycles. The molecule has 3 rings (SSSR count). The minimum atomic E-state index is -0.566. The van der Waals surface area contributed by atoms with Crippen molar-refractivity contribution in [1.29, 1.82) is 0 Å². The van der Waals surface area contributed by atoms with Crippen molar-refractivity contribution >= 4 is 29.4 Å². The molecular formula is C31H39N5O4. The second kappa shape index (κ2) is 14.2. The predicted octanol–water partition coefficient (Wildman–Crippen LogP) is 4.92. The zero-order valence-electron chi connectivity index (χ0n) is 23.9. The highest BCUT2D eigenvalue weighted by atomic mass is 16.6. The monoisotopic (exact) mass is 545 g/mol. The lowest BCUT2D eigenvalue weighted by Crippen LogP contribution is -2.34. The number of anilines is 2. The Balaban J connectivity index is 1.54. The summed E-state index contributed by atoms with van der Waals surface area (Å²) in [6, 6.07) is 18.7. The zero-order chi connectivity index (χ0) is 29.1. The smallest absolute Gasteiger partial charge is 0.410 e. The Bertz CT molecular complexity index is 1300. The van der Waals surface area contributed by atoms with Crippen LogP contribution in [0.3, 0.4) is 0 Å². The number of hydrogen-bond acceptors (Lipinski definition) is 6. The van der Waals surface area contributed by atoms with Gasteiger partial charge in [-0.2, -0.15) is 0 Å². The van der Waals surface area contributed by atoms with E-state index in [1.54, 1.807) is 25.4 Å². The van der Waals surface area contributed by atoms with Crippen LogP contribution < -0.4 is 16.0 Å². The molecule has 0 atom stereocenters. The summed E-state index contributed by atoms with van der Waals surface area (Å²) in [7, 11) is 1.70. The third-order valence-electron chi connectivity index (χ3n) is 5.99. The Labute approximate surface area is 236 Å². The van der Waals surface area contributed by atoms with Crippen LogP contribution in [-0.2, 0) is 40.3 Å². The summed E-state index contributed by atoms with van der Waals surface area (Å²) in [5, 5.41) is 8.89. The molecule has 9 nitrogen and oxygen atoms in total. The van der Waals surface area contributed by atoms with Gasteiger partial charge in [0.25, 0.3) is 0 Å². The Morgan fingerprint density at radius 2 is 1.60 bits per heavy atom. The molecule has 3 aromatic rings. The highest BCUT2D eigenvalue weighted by Crippen LogP contribution is 2.19. The van der Waals surface area contributed by atoms with Crippen molar-refractivity contribution in [1.82, 2.24) is 15.2 Å². The van der Waals surface area contributed by atoms with E-state index in [4.69, 9.17) is 4.74 Å². The molecule has 40 heavy (non-hydrogen) atoms. The van der Waals surface area contributed by atoms with Crippen molar-refractivity contribution in [2.75, 3.05) is 24.2 Å². The molecule has 0 radical (unpaired) electrons. The molecule has 0 unspecified atom stereocenters. The number of carbonyl (C=O) groups excluding carboxylic acids is 3. The van der Waals surface area contributed by atoms with Crippen molar-refractivity contribution in [3.63, 3.8) is 0 Å². The SMILES string of the molecule is CCc1ccc(NC(=O)CNCc2ccccc2CN(C)C(=O)OC(C)(C)C)cc1CC(=O)Nc1ccccn1. The molecule has 0 bridgehead atoms. The maximum atomic E-state index is 12.7. The van der Waals surface area contributed by atoms with E-state index in [9.17, 15) is 14.4 Å². The maximum Gasteiger partial charge on any atom is 0.410 e. The minimum Gasteiger partial charge on any atom is -0.444 e. The van der Waals surface area contributed by atoms with Crippen LogP contribution >= 0.6 is 0 Å². The quantitative estimate of drug-likeness (QED) is 0.315. The van der Waals surface area contributed by atoms with Crippen molar-refractivity contribution in [3.05, 3.63) is 89.1 Å². The third kappa shape index (κ3) is 9.81. The summed E-state index contributed by atoms with van der Waals surface area (Å²) in [6.45, 7) is 8.48. The Kier molecular flexibility index (Phi) is 10.8. The first-order chi connectivity index (χ1) is 19.0. The van der Waals surface area contributed by atoms with Crippen LogP contribution in [0.2, 0.25) is 0 Å². The van der Waals surface area contributed by atoms with Crippen LogP contribution in [0, 0.1) is 0 Å². The average Bonchev–Trinajstić information content (AvgIpc) is 2.89. The molecule has 0 saturated heterocycles. The van der Waals surface area contributed by atoms with Gasteiger partial charge in [-0.25, -0.2) is 9.78 Å². The maximum absolute atomic E-state index is 12.7. The topological polar surface area (TPSA) is 113 Å². The van der Waals surface area contributed by atoms with E-state index in [-0.39, 0.29) is 24.8 Å². The van der Waals surface area contributed by atoms with Crippen molar-refractivity contribution in [2.45, 2.75) is 59.2 Å². The van der Waals surface area contributed by atoms with Gasteiger partial charge in [0, 0.05) is 32.0 Å². The lowest BCUT2D eigenvalue weighted by molar-refractivity contribution is -0.116. The number of nitrogens with zero attached hydrogens (tertiary/aromatic N) is 2. The number of carbonyl (C=O) groups is 3. The van der Waals surface area contributed by atoms with E-state index in [1.807, 2.05) is 76.2 Å². The van der Waals surface area contributed by atoms with E-state index in [2.05, 4.69) is 20.9 Å². The Morgan fingerprint density at radius 1 is 0.875 bits per heavy atom. The van der Waals surface area contributed by atoms with E-state index in [0.29, 0.717) is 24.6 Å². The molecule has 1 aromatic heterocycles. The summed E-state index contributed by atoms with van der Waals surface area (Å²) < 4.78 is 5.44. The second-order valence-corrected chi connectivity index (χ2v) is 10.5. The summed E-state index contributed by atoms with van der Waals surface area (Å²) in [6.07, 6.45) is 2.18. The molecule has 0 spiro atoms. The van der Waals surface area contributed by atoms with Gasteiger partial charge in [0.2, 0.25) is 11.8 Å². The number of aromatic nitrogens is 1. The van der Waals surface area contributed by atoms with Crippen LogP contribution in [0.15, 0.2) is 66.9 Å². The number of amides is 3. The number of rotatable bonds is 11. The van der Waals surface area contributed by atoms with Gasteiger partial charge in [0.15, 0.2) is 0 Å². The number of pyridine rings is 1. The fraction of sp³-hybridized carbons (Fsp3) is 0.355. The normalized spacial score (nSPS) is 11.0. The van der Waals surface area contributed by atoms with E-state index < -0.39 is 11.7 Å². The molecular weight excluding hydrogens is 506 g/mol. The molecule has 9 heteroatoms. The fourth-order valence-electron chi connectivity index (χ4n) is 4.07. The fourth-order valence-corrected chi connectivity index (χ4v) is 4.07. The summed E-state index contributed by atoms with van der Waals surface area (Å²) in [4.78, 5) is 43.3. The van der Waals surface area contributed by atoms with Gasteiger partial charge in [-0.15, -0.1) is 0 Å². The molecule has 212 valence electrons. The van der Waals surface area contributed by atoms with E-state index in [0.717, 1.165) is 28.7 Å². The zero-order valence-corrected chi connectivity index (χ0v) is 23.9. The highest BCUT2D eigenvalue weighted by molar-refractivity contribution is 5.94. The number of nitrogens with one attached hydrogen (secondary N) is 3. The first-order valence-corrected chi connectivity index (χ1v) is 13.4. The lowest BCUT2D eigenvalue weighted by Gasteiger charge is -2.25. The first kappa shape index (κ1) is 30.3. The van der Waals surface area contributed by atoms with Crippen LogP contribution in [0.1, 0.15) is 49.9 Å². The number of hydrogen-bond donors (Lipinski definition) is 3. The van der Waals surface area contributed by atoms with Crippen molar-refractivity contribution < 1.29 is 19.1 Å². The molecule has 3 amide bonds. The Hall–Kier alpha value is -4.24. The van der Waals surface area contributed by atoms with E-state index in [1.165, 1.54) is 4.90 Å². The van der Waals surface area contributed by atoms with Crippen LogP contribution in [0.5, 0.6) is 0 Å². The Morgan fingerprint density at radius 3 is 2.27 bits per heavy atom. The summed E-state index contributed by atoms with van der Waals surface area (Å²) in [5.41, 5.74) is 3.91. The lowest BCUT2D eigenvalue weighted by atomic mass is 10.0. The first-order valence-electron chi connectivity index (χ1n) is 13.4. The summed E-state index contributed by atoms with van der Waals surface area (Å²) >= 11 is 0. The standard InChI is InChI=1S/C31H39N5O4/c1-6-22-14-15-26(17-25(22)18-28(37)35-27-13-9-10-16-33-27)34-29(38)20-32-19-23-11-7-8-12-24(23)21-36(5)30(39)40-31(2,3)4/h7-17,32H,6,18-21H2,1-5H3,(H,34,38)(H,33,35,37). The molecule has 2 aromatic carbocycles. The van der Waals surface area contributed by atoms with Gasteiger partial charge in [0.05, 0.1) is 13.0 Å². The van der Waals surface area contributed by atoms with Crippen molar-refractivity contribution in [3.8, 4) is 0 Å². The molecule has 0 aliphatic heterocycles. The number of aryl methyl sites for hydroxylation is 1. The molecule has 3 N–H and O–H groups in total. The van der Waals surface area contributed by atoms with Crippen LogP contribution in [-0.4, -0.2) is 47.0 Å². The average molecular weight is 546 g/mol. The van der Waals surface area contributed by atoms with E-state index >= 15 is 0 Å². The summed E-state index contributed by atoms with van der Waals surface area (Å²) in [5.74, 6) is 0.130. The molecule has 0 aliphatic carbocycles. The van der Waals surface area contributed by atoms with Gasteiger partial charge in [-0.1, -0.05) is 43.3 Å². The highest BCUT2D eigenvalue weighted by Gasteiger charge is 2.20. The second-order valence-electron chi connectivity index (χ2n) is 10.5. The van der Waals surface area contributed by atoms with Crippen molar-refractivity contribution in [2.24, 2.45) is 0 Å². The minimum absolute atomic E-state index is 0.0985.